The fourth-order valence-corrected chi connectivity index (χ4v) is 6.51. The summed E-state index contributed by atoms with van der Waals surface area (Å²) >= 11 is 12.2. The number of carbonyl (C=O) groups is 1. The third-order valence-electron chi connectivity index (χ3n) is 5.99. The first kappa shape index (κ1) is 24.7. The van der Waals surface area contributed by atoms with Crippen molar-refractivity contribution in [2.24, 2.45) is 5.92 Å². The van der Waals surface area contributed by atoms with Gasteiger partial charge in [0.25, 0.3) is 0 Å². The molecule has 178 valence electrons. The van der Waals surface area contributed by atoms with E-state index in [4.69, 9.17) is 23.2 Å². The van der Waals surface area contributed by atoms with Crippen molar-refractivity contribution in [3.05, 3.63) is 100 Å². The maximum atomic E-state index is 13.7. The molecular formula is C26H26Cl2N2O3S. The Hall–Kier alpha value is -2.38. The van der Waals surface area contributed by atoms with Crippen LogP contribution in [0.4, 0.5) is 0 Å². The highest BCUT2D eigenvalue weighted by Crippen LogP contribution is 2.31. The predicted octanol–water partition coefficient (Wildman–Crippen LogP) is 5.62. The molecule has 0 aromatic heterocycles. The maximum Gasteiger partial charge on any atom is 0.244 e. The standard InChI is InChI=1S/C26H26Cl2N2O3S/c27-23-13-14-24(28)25(16-23)34(32,33)30-15-7-12-22(19-30)26(31)29(17-20-8-3-1-4-9-20)18-21-10-5-2-6-11-21/h1-6,8-11,13-14,16,22H,7,12,15,17-19H2/t22-/m0/s1. The van der Waals surface area contributed by atoms with Gasteiger partial charge in [0.1, 0.15) is 4.90 Å². The lowest BCUT2D eigenvalue weighted by Crippen LogP contribution is -2.46. The average molecular weight is 517 g/mol. The van der Waals surface area contributed by atoms with Gasteiger partial charge in [0.15, 0.2) is 0 Å². The average Bonchev–Trinajstić information content (AvgIpc) is 2.86. The molecular weight excluding hydrogens is 491 g/mol. The van der Waals surface area contributed by atoms with Crippen LogP contribution in [0.3, 0.4) is 0 Å². The van der Waals surface area contributed by atoms with E-state index in [0.29, 0.717) is 37.5 Å². The summed E-state index contributed by atoms with van der Waals surface area (Å²) in [4.78, 5) is 15.5. The van der Waals surface area contributed by atoms with Gasteiger partial charge in [0, 0.05) is 31.2 Å². The summed E-state index contributed by atoms with van der Waals surface area (Å²) in [5.41, 5.74) is 2.05. The van der Waals surface area contributed by atoms with Gasteiger partial charge in [-0.3, -0.25) is 4.79 Å². The number of nitrogens with zero attached hydrogens (tertiary/aromatic N) is 2. The first-order valence-electron chi connectivity index (χ1n) is 11.2. The number of amides is 1. The van der Waals surface area contributed by atoms with Crippen molar-refractivity contribution in [1.29, 1.82) is 0 Å². The Kier molecular flexibility index (Phi) is 7.94. The van der Waals surface area contributed by atoms with Crippen LogP contribution < -0.4 is 0 Å². The second-order valence-electron chi connectivity index (χ2n) is 8.44. The number of rotatable bonds is 7. The van der Waals surface area contributed by atoms with Crippen LogP contribution in [0.1, 0.15) is 24.0 Å². The van der Waals surface area contributed by atoms with Gasteiger partial charge in [-0.2, -0.15) is 4.31 Å². The quantitative estimate of drug-likeness (QED) is 0.409. The fraction of sp³-hybridized carbons (Fsp3) is 0.269. The largest absolute Gasteiger partial charge is 0.334 e. The minimum atomic E-state index is -3.88. The Morgan fingerprint density at radius 1 is 0.912 bits per heavy atom. The molecule has 1 aliphatic rings. The lowest BCUT2D eigenvalue weighted by molar-refractivity contribution is -0.138. The summed E-state index contributed by atoms with van der Waals surface area (Å²) in [6.07, 6.45) is 1.23. The van der Waals surface area contributed by atoms with E-state index in [9.17, 15) is 13.2 Å². The zero-order valence-electron chi connectivity index (χ0n) is 18.6. The molecule has 5 nitrogen and oxygen atoms in total. The zero-order valence-corrected chi connectivity index (χ0v) is 20.9. The van der Waals surface area contributed by atoms with Crippen LogP contribution in [0.5, 0.6) is 0 Å². The van der Waals surface area contributed by atoms with Crippen molar-refractivity contribution in [2.75, 3.05) is 13.1 Å². The number of hydrogen-bond donors (Lipinski definition) is 0. The topological polar surface area (TPSA) is 57.7 Å². The van der Waals surface area contributed by atoms with E-state index >= 15 is 0 Å². The number of halogens is 2. The smallest absolute Gasteiger partial charge is 0.244 e. The Morgan fingerprint density at radius 2 is 1.50 bits per heavy atom. The number of benzene rings is 3. The third-order valence-corrected chi connectivity index (χ3v) is 8.57. The Balaban J connectivity index is 1.56. The van der Waals surface area contributed by atoms with Crippen molar-refractivity contribution < 1.29 is 13.2 Å². The fourth-order valence-electron chi connectivity index (χ4n) is 4.25. The molecule has 0 radical (unpaired) electrons. The van der Waals surface area contributed by atoms with Crippen molar-refractivity contribution in [1.82, 2.24) is 9.21 Å². The Labute approximate surface area is 211 Å². The molecule has 0 saturated carbocycles. The molecule has 8 heteroatoms. The van der Waals surface area contributed by atoms with E-state index in [1.165, 1.54) is 16.4 Å². The minimum absolute atomic E-state index is 0.0276. The van der Waals surface area contributed by atoms with E-state index in [2.05, 4.69) is 0 Å². The van der Waals surface area contributed by atoms with Gasteiger partial charge < -0.3 is 4.90 Å². The van der Waals surface area contributed by atoms with E-state index in [1.807, 2.05) is 65.6 Å². The van der Waals surface area contributed by atoms with Crippen LogP contribution in [-0.4, -0.2) is 36.6 Å². The molecule has 0 N–H and O–H groups in total. The predicted molar refractivity (Wildman–Crippen MR) is 135 cm³/mol. The number of sulfonamides is 1. The minimum Gasteiger partial charge on any atom is -0.334 e. The van der Waals surface area contributed by atoms with Crippen LogP contribution in [0, 0.1) is 5.92 Å². The molecule has 1 fully saturated rings. The van der Waals surface area contributed by atoms with E-state index in [1.54, 1.807) is 6.07 Å². The summed E-state index contributed by atoms with van der Waals surface area (Å²) in [7, 11) is -3.88. The first-order chi connectivity index (χ1) is 16.3. The van der Waals surface area contributed by atoms with E-state index in [-0.39, 0.29) is 22.4 Å². The molecule has 3 aromatic rings. The lowest BCUT2D eigenvalue weighted by atomic mass is 9.97. The molecule has 1 saturated heterocycles. The van der Waals surface area contributed by atoms with Crippen LogP contribution >= 0.6 is 23.2 Å². The maximum absolute atomic E-state index is 13.7. The van der Waals surface area contributed by atoms with Crippen molar-refractivity contribution >= 4 is 39.1 Å². The van der Waals surface area contributed by atoms with Gasteiger partial charge in [-0.25, -0.2) is 8.42 Å². The van der Waals surface area contributed by atoms with Crippen LogP contribution in [0.15, 0.2) is 83.8 Å². The molecule has 1 atom stereocenters. The monoisotopic (exact) mass is 516 g/mol. The molecule has 3 aromatic carbocycles. The molecule has 1 amide bonds. The van der Waals surface area contributed by atoms with Crippen LogP contribution in [0.25, 0.3) is 0 Å². The lowest BCUT2D eigenvalue weighted by Gasteiger charge is -2.34. The second kappa shape index (κ2) is 10.9. The number of hydrogen-bond acceptors (Lipinski definition) is 3. The molecule has 0 bridgehead atoms. The first-order valence-corrected chi connectivity index (χ1v) is 13.4. The molecule has 34 heavy (non-hydrogen) atoms. The summed E-state index contributed by atoms with van der Waals surface area (Å²) in [6, 6.07) is 24.0. The molecule has 1 aliphatic heterocycles. The zero-order chi connectivity index (χ0) is 24.1. The SMILES string of the molecule is O=C([C@H]1CCCN(S(=O)(=O)c2cc(Cl)ccc2Cl)C1)N(Cc1ccccc1)Cc1ccccc1. The summed E-state index contributed by atoms with van der Waals surface area (Å²) in [5.74, 6) is -0.487. The summed E-state index contributed by atoms with van der Waals surface area (Å²) < 4.78 is 28.0. The normalized spacial score (nSPS) is 16.8. The molecule has 0 aliphatic carbocycles. The van der Waals surface area contributed by atoms with Gasteiger partial charge in [-0.1, -0.05) is 83.9 Å². The summed E-state index contributed by atoms with van der Waals surface area (Å²) in [5, 5.41) is 0.414. The van der Waals surface area contributed by atoms with Crippen LogP contribution in [-0.2, 0) is 27.9 Å². The van der Waals surface area contributed by atoms with Gasteiger partial charge in [0.2, 0.25) is 15.9 Å². The second-order valence-corrected chi connectivity index (χ2v) is 11.2. The van der Waals surface area contributed by atoms with E-state index in [0.717, 1.165) is 11.1 Å². The third kappa shape index (κ3) is 5.81. The summed E-state index contributed by atoms with van der Waals surface area (Å²) in [6.45, 7) is 1.37. The molecule has 4 rings (SSSR count). The van der Waals surface area contributed by atoms with Gasteiger partial charge in [-0.15, -0.1) is 0 Å². The van der Waals surface area contributed by atoms with Gasteiger partial charge in [0.05, 0.1) is 10.9 Å². The Morgan fingerprint density at radius 3 is 2.09 bits per heavy atom. The molecule has 0 unspecified atom stereocenters. The Bertz CT molecular complexity index is 1200. The molecule has 1 heterocycles. The van der Waals surface area contributed by atoms with Crippen LogP contribution in [0.2, 0.25) is 10.0 Å². The molecule has 0 spiro atoms. The van der Waals surface area contributed by atoms with Crippen molar-refractivity contribution in [3.63, 3.8) is 0 Å². The highest BCUT2D eigenvalue weighted by atomic mass is 35.5. The number of piperidine rings is 1. The van der Waals surface area contributed by atoms with E-state index < -0.39 is 15.9 Å². The van der Waals surface area contributed by atoms with Gasteiger partial charge >= 0.3 is 0 Å². The highest BCUT2D eigenvalue weighted by molar-refractivity contribution is 7.89. The number of carbonyl (C=O) groups excluding carboxylic acids is 1. The van der Waals surface area contributed by atoms with Gasteiger partial charge in [-0.05, 0) is 42.2 Å². The highest BCUT2D eigenvalue weighted by Gasteiger charge is 2.36. The van der Waals surface area contributed by atoms with Crippen molar-refractivity contribution in [2.45, 2.75) is 30.8 Å². The van der Waals surface area contributed by atoms with Crippen molar-refractivity contribution in [3.8, 4) is 0 Å².